The average Bonchev–Trinajstić information content (AvgIpc) is 3.14. The van der Waals surface area contributed by atoms with E-state index in [1.165, 1.54) is 0 Å². The second-order valence-electron chi connectivity index (χ2n) is 10.8. The summed E-state index contributed by atoms with van der Waals surface area (Å²) in [5.41, 5.74) is 5.65. The van der Waals surface area contributed by atoms with Gasteiger partial charge in [-0.25, -0.2) is 4.79 Å². The Labute approximate surface area is 211 Å². The fraction of sp³-hybridized carbons (Fsp3) is 0.323. The molecule has 0 N–H and O–H groups in total. The van der Waals surface area contributed by atoms with Gasteiger partial charge in [0.25, 0.3) is 0 Å². The van der Waals surface area contributed by atoms with Crippen LogP contribution in [0.25, 0.3) is 0 Å². The first-order valence-electron chi connectivity index (χ1n) is 12.7. The summed E-state index contributed by atoms with van der Waals surface area (Å²) in [6.07, 6.45) is 0.989. The lowest BCUT2D eigenvalue weighted by atomic mass is 9.55. The highest BCUT2D eigenvalue weighted by Gasteiger charge is 2.61. The maximum Gasteiger partial charge on any atom is 0.331 e. The van der Waals surface area contributed by atoms with Crippen molar-refractivity contribution >= 4 is 17.8 Å². The van der Waals surface area contributed by atoms with E-state index in [0.29, 0.717) is 5.75 Å². The van der Waals surface area contributed by atoms with Crippen LogP contribution in [0, 0.1) is 11.8 Å². The van der Waals surface area contributed by atoms with Gasteiger partial charge in [-0.05, 0) is 51.8 Å². The van der Waals surface area contributed by atoms with Crippen molar-refractivity contribution in [2.75, 3.05) is 6.54 Å². The third kappa shape index (κ3) is 3.25. The van der Waals surface area contributed by atoms with Crippen LogP contribution in [0.15, 0.2) is 72.8 Å². The highest BCUT2D eigenvalue weighted by Crippen LogP contribution is 2.60. The SMILES string of the molecule is CCC(C)(C)c1ccc(OC(=O)CN2C(=O)C3C4c5ccccc5C(c5ccccc54)C3C2=O)cc1. The molecule has 4 aliphatic rings. The fourth-order valence-electron chi connectivity index (χ4n) is 6.37. The lowest BCUT2D eigenvalue weighted by Gasteiger charge is -2.45. The second-order valence-corrected chi connectivity index (χ2v) is 10.8. The molecule has 0 radical (unpaired) electrons. The molecule has 1 saturated heterocycles. The van der Waals surface area contributed by atoms with Crippen molar-refractivity contribution in [2.45, 2.75) is 44.4 Å². The molecule has 5 nitrogen and oxygen atoms in total. The molecular formula is C31H29NO4. The van der Waals surface area contributed by atoms with Crippen LogP contribution in [-0.2, 0) is 19.8 Å². The van der Waals surface area contributed by atoms with Gasteiger partial charge in [0, 0.05) is 11.8 Å². The summed E-state index contributed by atoms with van der Waals surface area (Å²) in [5.74, 6) is -2.10. The number of benzene rings is 3. The van der Waals surface area contributed by atoms with E-state index in [9.17, 15) is 14.4 Å². The topological polar surface area (TPSA) is 63.7 Å². The van der Waals surface area contributed by atoms with E-state index < -0.39 is 17.8 Å². The van der Waals surface area contributed by atoms with Gasteiger partial charge in [0.2, 0.25) is 11.8 Å². The van der Waals surface area contributed by atoms with E-state index in [4.69, 9.17) is 4.74 Å². The number of hydrogen-bond donors (Lipinski definition) is 0. The Hall–Kier alpha value is -3.73. The number of amides is 2. The van der Waals surface area contributed by atoms with Crippen LogP contribution in [-0.4, -0.2) is 29.2 Å². The summed E-state index contributed by atoms with van der Waals surface area (Å²) in [6.45, 7) is 6.10. The standard InChI is InChI=1S/C31H29NO4/c1-4-31(2,3)18-13-15-19(16-14-18)36-24(33)17-32-29(34)27-25-20-9-5-6-10-21(20)26(28(27)30(32)35)23-12-8-7-11-22(23)25/h5-16,25-28H,4,17H2,1-3H3. The van der Waals surface area contributed by atoms with Gasteiger partial charge in [-0.1, -0.05) is 81.4 Å². The Bertz CT molecular complexity index is 1270. The lowest BCUT2D eigenvalue weighted by Crippen LogP contribution is -2.41. The van der Waals surface area contributed by atoms with Gasteiger partial charge >= 0.3 is 5.97 Å². The molecule has 3 aromatic rings. The number of hydrogen-bond acceptors (Lipinski definition) is 4. The maximum absolute atomic E-state index is 13.6. The molecule has 1 aliphatic heterocycles. The van der Waals surface area contributed by atoms with Gasteiger partial charge in [-0.2, -0.15) is 0 Å². The Morgan fingerprint density at radius 1 is 0.778 bits per heavy atom. The zero-order valence-corrected chi connectivity index (χ0v) is 20.7. The molecule has 2 atom stereocenters. The van der Waals surface area contributed by atoms with E-state index >= 15 is 0 Å². The number of likely N-dealkylation sites (tertiary alicyclic amines) is 1. The van der Waals surface area contributed by atoms with Crippen molar-refractivity contribution < 1.29 is 19.1 Å². The van der Waals surface area contributed by atoms with Crippen molar-refractivity contribution in [3.05, 3.63) is 101 Å². The fourth-order valence-corrected chi connectivity index (χ4v) is 6.37. The monoisotopic (exact) mass is 479 g/mol. The molecule has 5 heteroatoms. The molecule has 36 heavy (non-hydrogen) atoms. The van der Waals surface area contributed by atoms with Crippen LogP contribution in [0.1, 0.15) is 66.8 Å². The summed E-state index contributed by atoms with van der Waals surface area (Å²) in [4.78, 5) is 41.2. The molecule has 2 unspecified atom stereocenters. The normalized spacial score (nSPS) is 23.8. The van der Waals surface area contributed by atoms with Crippen molar-refractivity contribution in [3.63, 3.8) is 0 Å². The third-order valence-corrected chi connectivity index (χ3v) is 8.58. The predicted octanol–water partition coefficient (Wildman–Crippen LogP) is 5.17. The Morgan fingerprint density at radius 3 is 1.64 bits per heavy atom. The van der Waals surface area contributed by atoms with Gasteiger partial charge in [0.15, 0.2) is 0 Å². The predicted molar refractivity (Wildman–Crippen MR) is 136 cm³/mol. The first-order chi connectivity index (χ1) is 17.3. The maximum atomic E-state index is 13.6. The smallest absolute Gasteiger partial charge is 0.331 e. The van der Waals surface area contributed by atoms with E-state index in [1.807, 2.05) is 36.4 Å². The second kappa shape index (κ2) is 8.16. The minimum absolute atomic E-state index is 0.0295. The van der Waals surface area contributed by atoms with Crippen LogP contribution in [0.5, 0.6) is 5.75 Å². The van der Waals surface area contributed by atoms with Crippen molar-refractivity contribution in [3.8, 4) is 5.75 Å². The van der Waals surface area contributed by atoms with Gasteiger partial charge in [0.05, 0.1) is 11.8 Å². The number of imide groups is 1. The molecule has 1 fully saturated rings. The van der Waals surface area contributed by atoms with Crippen LogP contribution in [0.4, 0.5) is 0 Å². The van der Waals surface area contributed by atoms with Crippen molar-refractivity contribution in [2.24, 2.45) is 11.8 Å². The highest BCUT2D eigenvalue weighted by molar-refractivity contribution is 6.09. The quantitative estimate of drug-likeness (QED) is 0.288. The van der Waals surface area contributed by atoms with Crippen LogP contribution in [0.2, 0.25) is 0 Å². The van der Waals surface area contributed by atoms with Gasteiger partial charge in [-0.15, -0.1) is 0 Å². The summed E-state index contributed by atoms with van der Waals surface area (Å²) in [6, 6.07) is 23.7. The number of carbonyl (C=O) groups is 3. The molecule has 7 rings (SSSR count). The molecule has 0 aromatic heterocycles. The van der Waals surface area contributed by atoms with E-state index in [2.05, 4.69) is 45.0 Å². The summed E-state index contributed by atoms with van der Waals surface area (Å²) in [5, 5.41) is 0. The van der Waals surface area contributed by atoms with Crippen LogP contribution in [0.3, 0.4) is 0 Å². The molecule has 1 heterocycles. The van der Waals surface area contributed by atoms with Gasteiger partial charge < -0.3 is 4.74 Å². The average molecular weight is 480 g/mol. The molecule has 3 aromatic carbocycles. The van der Waals surface area contributed by atoms with E-state index in [-0.39, 0.29) is 35.6 Å². The lowest BCUT2D eigenvalue weighted by molar-refractivity contribution is -0.148. The zero-order valence-electron chi connectivity index (χ0n) is 20.7. The van der Waals surface area contributed by atoms with Crippen molar-refractivity contribution in [1.82, 2.24) is 4.90 Å². The largest absolute Gasteiger partial charge is 0.425 e. The first kappa shape index (κ1) is 22.7. The van der Waals surface area contributed by atoms with Gasteiger partial charge in [-0.3, -0.25) is 14.5 Å². The molecule has 3 aliphatic carbocycles. The molecule has 0 spiro atoms. The van der Waals surface area contributed by atoms with E-state index in [1.54, 1.807) is 12.1 Å². The molecule has 2 bridgehead atoms. The summed E-state index contributed by atoms with van der Waals surface area (Å²) < 4.78 is 5.54. The number of rotatable bonds is 5. The summed E-state index contributed by atoms with van der Waals surface area (Å²) >= 11 is 0. The van der Waals surface area contributed by atoms with Gasteiger partial charge in [0.1, 0.15) is 12.3 Å². The number of ether oxygens (including phenoxy) is 1. The molecule has 2 amide bonds. The van der Waals surface area contributed by atoms with Crippen LogP contribution < -0.4 is 4.74 Å². The Kier molecular flexibility index (Phi) is 5.15. The Morgan fingerprint density at radius 2 is 1.22 bits per heavy atom. The summed E-state index contributed by atoms with van der Waals surface area (Å²) in [7, 11) is 0. The Balaban J connectivity index is 1.26. The van der Waals surface area contributed by atoms with Crippen LogP contribution >= 0.6 is 0 Å². The molecule has 182 valence electrons. The molecular weight excluding hydrogens is 450 g/mol. The third-order valence-electron chi connectivity index (χ3n) is 8.58. The van der Waals surface area contributed by atoms with Crippen molar-refractivity contribution in [1.29, 1.82) is 0 Å². The molecule has 0 saturated carbocycles. The zero-order chi connectivity index (χ0) is 25.2. The van der Waals surface area contributed by atoms with E-state index in [0.717, 1.165) is 39.1 Å². The highest BCUT2D eigenvalue weighted by atomic mass is 16.5. The first-order valence-corrected chi connectivity index (χ1v) is 12.7. The number of esters is 1. The minimum atomic E-state index is -0.611. The number of nitrogens with zero attached hydrogens (tertiary/aromatic N) is 1. The minimum Gasteiger partial charge on any atom is -0.425 e. The number of carbonyl (C=O) groups excluding carboxylic acids is 3.